The zero-order chi connectivity index (χ0) is 82.9. The van der Waals surface area contributed by atoms with Gasteiger partial charge in [-0.3, -0.25) is 28.8 Å². The summed E-state index contributed by atoms with van der Waals surface area (Å²) >= 11 is 0. The van der Waals surface area contributed by atoms with E-state index in [1.807, 2.05) is 48.5 Å². The molecule has 12 rings (SSSR count). The molecule has 0 heterocycles. The topological polar surface area (TPSA) is 201 Å². The third-order valence-corrected chi connectivity index (χ3v) is 19.3. The summed E-state index contributed by atoms with van der Waals surface area (Å²) in [5.74, 6) is -1.55. The Morgan fingerprint density at radius 3 is 0.965 bits per heavy atom. The van der Waals surface area contributed by atoms with Crippen molar-refractivity contribution in [3.63, 3.8) is 0 Å². The van der Waals surface area contributed by atoms with Gasteiger partial charge in [0.1, 0.15) is 17.2 Å². The number of carbonyl (C=O) groups is 6. The van der Waals surface area contributed by atoms with E-state index in [9.17, 15) is 55.1 Å². The fourth-order valence-electron chi connectivity index (χ4n) is 12.6. The number of aryl methyl sites for hydroxylation is 1. The molecule has 9 aromatic carbocycles. The Balaban J connectivity index is 0.000000184. The molecule has 0 spiro atoms. The van der Waals surface area contributed by atoms with Crippen LogP contribution in [0.4, 0.5) is 26.3 Å². The number of para-hydroxylation sites is 3. The number of halogens is 6. The number of ether oxygens (including phenoxy) is 3. The minimum absolute atomic E-state index is 0.0554. The average Bonchev–Trinajstić information content (AvgIpc) is 1.62. The molecule has 3 unspecified atom stereocenters. The zero-order valence-corrected chi connectivity index (χ0v) is 63.1. The van der Waals surface area contributed by atoms with E-state index in [1.165, 1.54) is 28.7 Å². The van der Waals surface area contributed by atoms with Crippen molar-refractivity contribution in [1.82, 2.24) is 14.7 Å². The second kappa shape index (κ2) is 41.3. The van der Waals surface area contributed by atoms with Gasteiger partial charge in [0.25, 0.3) is 17.7 Å². The molecule has 594 valence electrons. The first-order valence-corrected chi connectivity index (χ1v) is 38.6. The molecule has 0 saturated heterocycles. The molecule has 21 heteroatoms. The molecule has 3 fully saturated rings. The fourth-order valence-corrected chi connectivity index (χ4v) is 12.6. The first kappa shape index (κ1) is 79.9. The van der Waals surface area contributed by atoms with Gasteiger partial charge in [0.05, 0.1) is 35.1 Å². The van der Waals surface area contributed by atoms with Gasteiger partial charge in [-0.05, 0) is 221 Å². The van der Waals surface area contributed by atoms with Crippen molar-refractivity contribution in [2.24, 2.45) is 0 Å². The molecule has 9 aromatic rings. The van der Waals surface area contributed by atoms with Crippen LogP contribution in [0.1, 0.15) is 197 Å². The summed E-state index contributed by atoms with van der Waals surface area (Å²) in [6, 6.07) is 60.8. The minimum Gasteiger partial charge on any atom is -0.493 e. The van der Waals surface area contributed by atoms with Crippen LogP contribution in [-0.2, 0) is 52.7 Å². The number of nitrogens with zero attached hydrogens (tertiary/aromatic N) is 3. The van der Waals surface area contributed by atoms with Crippen molar-refractivity contribution in [1.29, 1.82) is 0 Å². The average molecular weight is 1550 g/mol. The minimum atomic E-state index is -4.44. The lowest BCUT2D eigenvalue weighted by atomic mass is 10.0. The number of aliphatic carboxylic acids is 3. The molecule has 0 radical (unpaired) electrons. The van der Waals surface area contributed by atoms with Crippen molar-refractivity contribution in [2.45, 2.75) is 185 Å². The lowest BCUT2D eigenvalue weighted by Gasteiger charge is -2.24. The van der Waals surface area contributed by atoms with E-state index in [0.717, 1.165) is 99.6 Å². The first-order valence-electron chi connectivity index (χ1n) is 40.3. The third-order valence-electron chi connectivity index (χ3n) is 19.3. The number of rotatable bonds is 38. The van der Waals surface area contributed by atoms with E-state index in [0.29, 0.717) is 138 Å². The maximum Gasteiger partial charge on any atom is 0.416 e. The van der Waals surface area contributed by atoms with Gasteiger partial charge in [-0.15, -0.1) is 0 Å². The Bertz CT molecular complexity index is 4720. The van der Waals surface area contributed by atoms with Gasteiger partial charge in [0.15, 0.2) is 0 Å². The fraction of sp³-hybridized carbons (Fsp3) is 0.348. The second-order valence-corrected chi connectivity index (χ2v) is 28.3. The lowest BCUT2D eigenvalue weighted by Crippen LogP contribution is -2.32. The monoisotopic (exact) mass is 1550 g/mol. The van der Waals surface area contributed by atoms with Gasteiger partial charge in [-0.1, -0.05) is 153 Å². The number of carboxylic acids is 3. The third kappa shape index (κ3) is 26.5. The van der Waals surface area contributed by atoms with Crippen LogP contribution < -0.4 is 14.2 Å². The number of hydrogen-bond donors (Lipinski definition) is 3. The highest BCUT2D eigenvalue weighted by atomic mass is 19.4. The van der Waals surface area contributed by atoms with Gasteiger partial charge >= 0.3 is 30.3 Å². The summed E-state index contributed by atoms with van der Waals surface area (Å²) < 4.78 is 123. The zero-order valence-electron chi connectivity index (χ0n) is 66.1. The number of carbonyl (C=O) groups excluding carboxylic acids is 3. The molecule has 3 aliphatic rings. The number of benzene rings is 9. The molecule has 0 aliphatic heterocycles. The highest BCUT2D eigenvalue weighted by Gasteiger charge is 2.37. The molecule has 3 saturated carbocycles. The van der Waals surface area contributed by atoms with Gasteiger partial charge in [0, 0.05) is 90.3 Å². The Morgan fingerprint density at radius 1 is 0.363 bits per heavy atom. The summed E-state index contributed by atoms with van der Waals surface area (Å²) in [6.45, 7) is 0.517. The van der Waals surface area contributed by atoms with Crippen LogP contribution in [0.2, 0.25) is 0 Å². The van der Waals surface area contributed by atoms with E-state index < -0.39 is 60.9 Å². The van der Waals surface area contributed by atoms with Crippen LogP contribution in [0.3, 0.4) is 0 Å². The normalized spacial score (nSPS) is 14.3. The highest BCUT2D eigenvalue weighted by Crippen LogP contribution is 2.38. The lowest BCUT2D eigenvalue weighted by molar-refractivity contribution is -0.138. The van der Waals surface area contributed by atoms with Crippen LogP contribution in [0.5, 0.6) is 17.2 Å². The maximum atomic E-state index is 13.6. The smallest absolute Gasteiger partial charge is 0.416 e. The van der Waals surface area contributed by atoms with E-state index in [4.69, 9.17) is 33.6 Å². The van der Waals surface area contributed by atoms with Crippen LogP contribution in [0, 0.1) is 0 Å². The predicted molar refractivity (Wildman–Crippen MR) is 422 cm³/mol. The second-order valence-electron chi connectivity index (χ2n) is 28.3. The summed E-state index contributed by atoms with van der Waals surface area (Å²) in [5, 5.41) is 26.3. The van der Waals surface area contributed by atoms with Crippen LogP contribution in [0.25, 0.3) is 33.4 Å². The number of carboxylic acid groups (broad SMARTS) is 3. The molecular weight excluding hydrogens is 1450 g/mol. The molecule has 3 N–H and O–H groups in total. The van der Waals surface area contributed by atoms with E-state index >= 15 is 0 Å². The molecule has 3 aliphatic carbocycles. The molecule has 0 aromatic heterocycles. The number of hydrogen-bond acceptors (Lipinski definition) is 9. The van der Waals surface area contributed by atoms with Crippen LogP contribution in [-0.4, -0.2) is 104 Å². The van der Waals surface area contributed by atoms with E-state index in [2.05, 4.69) is 31.2 Å². The molecule has 113 heavy (non-hydrogen) atoms. The maximum absolute atomic E-state index is 13.6. The predicted octanol–water partition coefficient (Wildman–Crippen LogP) is 21.5. The first-order chi connectivity index (χ1) is 55.8. The standard InChI is InChI=1S/C32H37NO4.2C30H30F3NO4/c1-2-8-24-12-14-25(15-13-24)26-16-18-27(19-17-26)32(36)33(29-20-21-29)23-28-9-5-6-10-30(28)37-22-7-3-4-11-31(34)35;31-30(32,33)25-9-6-8-23(19-25)21-12-14-22(15-13-21)29(37)34(26-16-17-26)20-24-7-3-4-10-27(24)38-18-5-1-2-11-28(35)36;31-30(32,33)25-15-13-22(14-16-25)21-9-11-23(12-10-21)29(37)34(26-17-18-26)20-24-6-3-4-7-27(24)38-19-5-1-2-8-28(35)36/h5-6,9-10,12-19,29H,2-4,7-8,11,20-23H2,1H3,(H,34,35);3-4,6-10,12-15,19,26H,1-2,5,11,16-18,20H2,(H,35,36);3-4,6-7,9-16,26H,1-2,5,8,17-20H2,(H,35,36)/i23D;2*20D. The van der Waals surface area contributed by atoms with Crippen molar-refractivity contribution < 1.29 is 88.8 Å². The largest absolute Gasteiger partial charge is 0.493 e. The Kier molecular flexibility index (Phi) is 29.2. The molecular formula is C92H97F6N3O12. The van der Waals surface area contributed by atoms with E-state index in [-0.39, 0.29) is 55.1 Å². The quantitative estimate of drug-likeness (QED) is 0.0245. The van der Waals surface area contributed by atoms with Gasteiger partial charge in [0.2, 0.25) is 0 Å². The van der Waals surface area contributed by atoms with Gasteiger partial charge in [-0.2, -0.15) is 26.3 Å². The van der Waals surface area contributed by atoms with Crippen molar-refractivity contribution >= 4 is 35.6 Å². The van der Waals surface area contributed by atoms with Gasteiger partial charge in [-0.25, -0.2) is 0 Å². The number of alkyl halides is 6. The Morgan fingerprint density at radius 2 is 0.664 bits per heavy atom. The van der Waals surface area contributed by atoms with Crippen molar-refractivity contribution in [2.75, 3.05) is 19.8 Å². The van der Waals surface area contributed by atoms with Crippen molar-refractivity contribution in [3.05, 3.63) is 268 Å². The Labute approximate surface area is 660 Å². The summed E-state index contributed by atoms with van der Waals surface area (Å²) in [4.78, 5) is 77.5. The Hall–Kier alpha value is -11.2. The summed E-state index contributed by atoms with van der Waals surface area (Å²) in [5.41, 5.74) is 7.42. The van der Waals surface area contributed by atoms with Crippen LogP contribution >= 0.6 is 0 Å². The molecule has 15 nitrogen and oxygen atoms in total. The van der Waals surface area contributed by atoms with Crippen molar-refractivity contribution in [3.8, 4) is 50.6 Å². The van der Waals surface area contributed by atoms with Gasteiger partial charge < -0.3 is 44.2 Å². The molecule has 3 atom stereocenters. The van der Waals surface area contributed by atoms with Crippen LogP contribution in [0.15, 0.2) is 218 Å². The number of unbranched alkanes of at least 4 members (excludes halogenated alkanes) is 6. The van der Waals surface area contributed by atoms with E-state index in [1.54, 1.807) is 113 Å². The summed E-state index contributed by atoms with van der Waals surface area (Å²) in [7, 11) is 0. The number of amides is 3. The SMILES string of the molecule is [2H]C(c1ccccc1OCCCCCC(=O)O)N(C(=O)c1ccc(-c2ccc(C(F)(F)F)cc2)cc1)C1CC1.[2H]C(c1ccccc1OCCCCCC(=O)O)N(C(=O)c1ccc(-c2ccc(CCC)cc2)cc1)C1CC1.[2H]C(c1ccccc1OCCCCCC(=O)O)N(C(=O)c1ccc(-c2cccc(C(F)(F)F)c2)cc1)C1CC1. The molecule has 0 bridgehead atoms. The highest BCUT2D eigenvalue weighted by molar-refractivity contribution is 5.97. The summed E-state index contributed by atoms with van der Waals surface area (Å²) in [6.07, 6.45) is 4.77. The molecule has 3 amide bonds.